The maximum absolute atomic E-state index is 12.2. The van der Waals surface area contributed by atoms with Crippen LogP contribution in [0.2, 0.25) is 0 Å². The molecule has 7 nitrogen and oxygen atoms in total. The van der Waals surface area contributed by atoms with Crippen LogP contribution in [0.25, 0.3) is 0 Å². The zero-order chi connectivity index (χ0) is 18.2. The molecule has 0 radical (unpaired) electrons. The summed E-state index contributed by atoms with van der Waals surface area (Å²) in [5, 5.41) is 0. The van der Waals surface area contributed by atoms with Crippen LogP contribution in [0.5, 0.6) is 5.75 Å². The molecule has 1 N–H and O–H groups in total. The molecular weight excluding hydrogens is 364 g/mol. The Morgan fingerprint density at radius 3 is 2.88 bits per heavy atom. The van der Waals surface area contributed by atoms with Gasteiger partial charge < -0.3 is 4.74 Å². The van der Waals surface area contributed by atoms with Crippen molar-refractivity contribution < 1.29 is 22.7 Å². The molecule has 0 bridgehead atoms. The summed E-state index contributed by atoms with van der Waals surface area (Å²) in [4.78, 5) is 27.8. The minimum atomic E-state index is -3.95. The molecule has 1 aliphatic rings. The van der Waals surface area contributed by atoms with E-state index in [0.29, 0.717) is 17.7 Å². The lowest BCUT2D eigenvalue weighted by Gasteiger charge is -2.13. The van der Waals surface area contributed by atoms with Crippen molar-refractivity contribution in [2.24, 2.45) is 0 Å². The Labute approximate surface area is 149 Å². The normalized spacial score (nSPS) is 16.6. The number of amides is 1. The van der Waals surface area contributed by atoms with Gasteiger partial charge >= 0.3 is 0 Å². The van der Waals surface area contributed by atoms with Gasteiger partial charge in [-0.05, 0) is 30.0 Å². The third-order valence-corrected chi connectivity index (χ3v) is 6.61. The molecular formula is C16H16N2O5S2. The topological polar surface area (TPSA) is 102 Å². The standard InChI is InChI=1S/C16H16N2O5S2/c1-9-3-4-12(16-11(19)5-10(2)15(9)16)23-7-13(20)18-25(21,22)14-6-17-8-24-14/h3-4,6,8,10H,5,7H2,1-2H3,(H,18,20). The molecule has 132 valence electrons. The number of aryl methyl sites for hydroxylation is 1. The van der Waals surface area contributed by atoms with Crippen LogP contribution in [-0.4, -0.2) is 31.7 Å². The van der Waals surface area contributed by atoms with Gasteiger partial charge in [-0.25, -0.2) is 13.1 Å². The summed E-state index contributed by atoms with van der Waals surface area (Å²) in [5.74, 6) is -0.438. The summed E-state index contributed by atoms with van der Waals surface area (Å²) in [6, 6.07) is 3.46. The van der Waals surface area contributed by atoms with Crippen LogP contribution in [0.1, 0.15) is 40.7 Å². The molecule has 0 fully saturated rings. The fourth-order valence-corrected chi connectivity index (χ4v) is 4.71. The van der Waals surface area contributed by atoms with Crippen molar-refractivity contribution in [1.82, 2.24) is 9.71 Å². The lowest BCUT2D eigenvalue weighted by Crippen LogP contribution is -2.34. The van der Waals surface area contributed by atoms with E-state index < -0.39 is 22.5 Å². The average molecular weight is 380 g/mol. The molecule has 1 aliphatic carbocycles. The first kappa shape index (κ1) is 17.6. The predicted octanol–water partition coefficient (Wildman–Crippen LogP) is 2.03. The third kappa shape index (κ3) is 3.42. The van der Waals surface area contributed by atoms with Crippen LogP contribution >= 0.6 is 11.3 Å². The monoisotopic (exact) mass is 380 g/mol. The highest BCUT2D eigenvalue weighted by Crippen LogP contribution is 2.40. The lowest BCUT2D eigenvalue weighted by molar-refractivity contribution is -0.121. The Balaban J connectivity index is 1.73. The number of thiazole rings is 1. The smallest absolute Gasteiger partial charge is 0.275 e. The van der Waals surface area contributed by atoms with E-state index in [0.717, 1.165) is 28.7 Å². The van der Waals surface area contributed by atoms with E-state index in [1.54, 1.807) is 6.07 Å². The first-order valence-corrected chi connectivity index (χ1v) is 9.89. The Hall–Kier alpha value is -2.26. The molecule has 1 unspecified atom stereocenters. The van der Waals surface area contributed by atoms with Crippen molar-refractivity contribution in [2.45, 2.75) is 30.4 Å². The average Bonchev–Trinajstić information content (AvgIpc) is 3.16. The van der Waals surface area contributed by atoms with E-state index in [2.05, 4.69) is 4.98 Å². The van der Waals surface area contributed by atoms with E-state index in [1.807, 2.05) is 24.6 Å². The van der Waals surface area contributed by atoms with Gasteiger partial charge in [-0.15, -0.1) is 11.3 Å². The maximum atomic E-state index is 12.2. The number of hydrogen-bond acceptors (Lipinski definition) is 7. The molecule has 25 heavy (non-hydrogen) atoms. The number of rotatable bonds is 5. The van der Waals surface area contributed by atoms with E-state index in [4.69, 9.17) is 4.74 Å². The molecule has 9 heteroatoms. The van der Waals surface area contributed by atoms with Crippen molar-refractivity contribution in [3.63, 3.8) is 0 Å². The minimum Gasteiger partial charge on any atom is -0.483 e. The van der Waals surface area contributed by atoms with Crippen molar-refractivity contribution >= 4 is 33.1 Å². The van der Waals surface area contributed by atoms with E-state index in [1.165, 1.54) is 5.51 Å². The number of nitrogens with zero attached hydrogens (tertiary/aromatic N) is 1. The van der Waals surface area contributed by atoms with Crippen LogP contribution in [0, 0.1) is 6.92 Å². The van der Waals surface area contributed by atoms with Crippen LogP contribution < -0.4 is 9.46 Å². The van der Waals surface area contributed by atoms with Crippen molar-refractivity contribution in [3.05, 3.63) is 40.5 Å². The highest BCUT2D eigenvalue weighted by atomic mass is 32.2. The molecule has 1 aromatic carbocycles. The fourth-order valence-electron chi connectivity index (χ4n) is 2.94. The van der Waals surface area contributed by atoms with Gasteiger partial charge in [-0.2, -0.15) is 0 Å². The highest BCUT2D eigenvalue weighted by Gasteiger charge is 2.31. The summed E-state index contributed by atoms with van der Waals surface area (Å²) < 4.78 is 31.2. The van der Waals surface area contributed by atoms with Crippen LogP contribution in [0.4, 0.5) is 0 Å². The third-order valence-electron chi connectivity index (χ3n) is 3.97. The van der Waals surface area contributed by atoms with E-state index in [9.17, 15) is 18.0 Å². The SMILES string of the molecule is Cc1ccc(OCC(=O)NS(=O)(=O)c2cncs2)c2c1C(C)CC2=O. The van der Waals surface area contributed by atoms with Gasteiger partial charge in [0.15, 0.2) is 16.6 Å². The molecule has 0 saturated carbocycles. The number of fused-ring (bicyclic) bond motifs is 1. The molecule has 1 aromatic heterocycles. The highest BCUT2D eigenvalue weighted by molar-refractivity contribution is 7.92. The fraction of sp³-hybridized carbons (Fsp3) is 0.312. The summed E-state index contributed by atoms with van der Waals surface area (Å²) >= 11 is 0.905. The molecule has 2 aromatic rings. The zero-order valence-corrected chi connectivity index (χ0v) is 15.2. The number of benzene rings is 1. The number of carbonyl (C=O) groups is 2. The quantitative estimate of drug-likeness (QED) is 0.851. The van der Waals surface area contributed by atoms with Gasteiger partial charge in [0.25, 0.3) is 15.9 Å². The second-order valence-electron chi connectivity index (χ2n) is 5.84. The summed E-state index contributed by atoms with van der Waals surface area (Å²) in [6.45, 7) is 3.39. The summed E-state index contributed by atoms with van der Waals surface area (Å²) in [5.41, 5.74) is 3.78. The second-order valence-corrected chi connectivity index (χ2v) is 8.63. The number of hydrogen-bond donors (Lipinski definition) is 1. The first-order valence-electron chi connectivity index (χ1n) is 7.53. The number of nitrogens with one attached hydrogen (secondary N) is 1. The molecule has 0 aliphatic heterocycles. The molecule has 1 amide bonds. The Morgan fingerprint density at radius 2 is 2.20 bits per heavy atom. The van der Waals surface area contributed by atoms with Gasteiger partial charge in [-0.3, -0.25) is 14.6 Å². The molecule has 3 rings (SSSR count). The van der Waals surface area contributed by atoms with Gasteiger partial charge in [0.05, 0.1) is 17.3 Å². The largest absolute Gasteiger partial charge is 0.483 e. The number of sulfonamides is 1. The van der Waals surface area contributed by atoms with E-state index >= 15 is 0 Å². The van der Waals surface area contributed by atoms with Crippen LogP contribution in [-0.2, 0) is 14.8 Å². The predicted molar refractivity (Wildman–Crippen MR) is 91.5 cm³/mol. The van der Waals surface area contributed by atoms with Crippen molar-refractivity contribution in [3.8, 4) is 5.75 Å². The Morgan fingerprint density at radius 1 is 1.44 bits per heavy atom. The van der Waals surface area contributed by atoms with E-state index in [-0.39, 0.29) is 15.9 Å². The van der Waals surface area contributed by atoms with Gasteiger partial charge in [0, 0.05) is 6.42 Å². The molecule has 0 spiro atoms. The Bertz CT molecular complexity index is 936. The minimum absolute atomic E-state index is 0.0288. The maximum Gasteiger partial charge on any atom is 0.275 e. The number of ketones is 1. The molecule has 1 heterocycles. The van der Waals surface area contributed by atoms with Crippen LogP contribution in [0.15, 0.2) is 28.0 Å². The molecule has 1 atom stereocenters. The van der Waals surface area contributed by atoms with Gasteiger partial charge in [0.2, 0.25) is 0 Å². The number of Topliss-reactive ketones (excluding diaryl/α,β-unsaturated/α-hetero) is 1. The van der Waals surface area contributed by atoms with Crippen LogP contribution in [0.3, 0.4) is 0 Å². The van der Waals surface area contributed by atoms with Crippen molar-refractivity contribution in [1.29, 1.82) is 0 Å². The lowest BCUT2D eigenvalue weighted by atomic mass is 9.97. The van der Waals surface area contributed by atoms with Crippen molar-refractivity contribution in [2.75, 3.05) is 6.61 Å². The second kappa shape index (κ2) is 6.57. The summed E-state index contributed by atoms with van der Waals surface area (Å²) in [6.07, 6.45) is 1.57. The van der Waals surface area contributed by atoms with Gasteiger partial charge in [0.1, 0.15) is 5.75 Å². The number of aromatic nitrogens is 1. The summed E-state index contributed by atoms with van der Waals surface area (Å²) in [7, 11) is -3.95. The number of ether oxygens (including phenoxy) is 1. The Kier molecular flexibility index (Phi) is 4.61. The van der Waals surface area contributed by atoms with Gasteiger partial charge in [-0.1, -0.05) is 13.0 Å². The zero-order valence-electron chi connectivity index (χ0n) is 13.6. The number of carbonyl (C=O) groups excluding carboxylic acids is 2. The molecule has 0 saturated heterocycles. The first-order chi connectivity index (χ1) is 11.8.